The summed E-state index contributed by atoms with van der Waals surface area (Å²) in [6, 6.07) is 17.7. The van der Waals surface area contributed by atoms with E-state index in [2.05, 4.69) is 6.07 Å². The predicted octanol–water partition coefficient (Wildman–Crippen LogP) is 3.96. The molecule has 78 valence electrons. The van der Waals surface area contributed by atoms with Gasteiger partial charge in [-0.25, -0.2) is 0 Å². The molecule has 0 N–H and O–H groups in total. The molecule has 0 atom stereocenters. The summed E-state index contributed by atoms with van der Waals surface area (Å²) in [6.45, 7) is 0. The quantitative estimate of drug-likeness (QED) is 0.713. The maximum Gasteiger partial charge on any atom is 0.0991 e. The highest BCUT2D eigenvalue weighted by Gasteiger charge is 2.03. The van der Waals surface area contributed by atoms with Gasteiger partial charge in [0.1, 0.15) is 0 Å². The number of benzene rings is 2. The van der Waals surface area contributed by atoms with E-state index >= 15 is 0 Å². The van der Waals surface area contributed by atoms with E-state index in [1.165, 1.54) is 0 Å². The lowest BCUT2D eigenvalue weighted by Gasteiger charge is -2.06. The number of halogens is 1. The molecule has 0 radical (unpaired) electrons. The summed E-state index contributed by atoms with van der Waals surface area (Å²) in [6.07, 6.45) is 0. The zero-order valence-corrected chi connectivity index (χ0v) is 9.41. The Hall–Kier alpha value is -1.78. The van der Waals surface area contributed by atoms with E-state index in [0.29, 0.717) is 11.4 Å². The first-order valence-electron chi connectivity index (χ1n) is 4.99. The summed E-state index contributed by atoms with van der Waals surface area (Å²) in [5, 5.41) is 8.86. The van der Waals surface area contributed by atoms with Crippen molar-refractivity contribution in [3.8, 4) is 17.2 Å². The van der Waals surface area contributed by atoms with Crippen LogP contribution in [0.15, 0.2) is 48.5 Å². The van der Waals surface area contributed by atoms with Crippen LogP contribution >= 0.6 is 11.6 Å². The first-order chi connectivity index (χ1) is 7.85. The SMILES string of the molecule is N#Cc1cccc(-c2ccccc2CCl)c1. The van der Waals surface area contributed by atoms with Gasteiger partial charge in [0.05, 0.1) is 11.6 Å². The van der Waals surface area contributed by atoms with Crippen LogP contribution < -0.4 is 0 Å². The second kappa shape index (κ2) is 4.83. The van der Waals surface area contributed by atoms with Crippen LogP contribution in [0.5, 0.6) is 0 Å². The van der Waals surface area contributed by atoms with Crippen molar-refractivity contribution >= 4 is 11.6 Å². The average Bonchev–Trinajstić information content (AvgIpc) is 2.38. The van der Waals surface area contributed by atoms with Crippen LogP contribution in [0.4, 0.5) is 0 Å². The number of rotatable bonds is 2. The van der Waals surface area contributed by atoms with E-state index in [4.69, 9.17) is 16.9 Å². The Morgan fingerprint density at radius 1 is 1.06 bits per heavy atom. The van der Waals surface area contributed by atoms with Gasteiger partial charge in [0.25, 0.3) is 0 Å². The third-order valence-corrected chi connectivity index (χ3v) is 2.75. The van der Waals surface area contributed by atoms with Gasteiger partial charge in [0.15, 0.2) is 0 Å². The first kappa shape index (κ1) is 10.7. The summed E-state index contributed by atoms with van der Waals surface area (Å²) < 4.78 is 0. The van der Waals surface area contributed by atoms with Gasteiger partial charge < -0.3 is 0 Å². The molecule has 0 aliphatic heterocycles. The van der Waals surface area contributed by atoms with Crippen molar-refractivity contribution in [3.05, 3.63) is 59.7 Å². The molecule has 0 aliphatic carbocycles. The van der Waals surface area contributed by atoms with Gasteiger partial charge in [-0.05, 0) is 28.8 Å². The van der Waals surface area contributed by atoms with Crippen molar-refractivity contribution in [3.63, 3.8) is 0 Å². The van der Waals surface area contributed by atoms with Gasteiger partial charge in [0.2, 0.25) is 0 Å². The molecule has 0 bridgehead atoms. The van der Waals surface area contributed by atoms with Crippen LogP contribution in [-0.4, -0.2) is 0 Å². The molecule has 2 aromatic rings. The fourth-order valence-corrected chi connectivity index (χ4v) is 1.91. The largest absolute Gasteiger partial charge is 0.192 e. The maximum atomic E-state index is 8.86. The number of alkyl halides is 1. The van der Waals surface area contributed by atoms with Crippen molar-refractivity contribution in [2.24, 2.45) is 0 Å². The number of hydrogen-bond acceptors (Lipinski definition) is 1. The van der Waals surface area contributed by atoms with Crippen LogP contribution in [-0.2, 0) is 5.88 Å². The molecule has 0 saturated carbocycles. The van der Waals surface area contributed by atoms with Gasteiger partial charge in [0, 0.05) is 5.88 Å². The van der Waals surface area contributed by atoms with Gasteiger partial charge in [-0.2, -0.15) is 5.26 Å². The Labute approximate surface area is 99.9 Å². The van der Waals surface area contributed by atoms with Gasteiger partial charge in [-0.15, -0.1) is 11.6 Å². The Bertz CT molecular complexity index is 540. The fourth-order valence-electron chi connectivity index (χ4n) is 1.67. The lowest BCUT2D eigenvalue weighted by molar-refractivity contribution is 1.39. The summed E-state index contributed by atoms with van der Waals surface area (Å²) >= 11 is 5.89. The van der Waals surface area contributed by atoms with Crippen LogP contribution in [0.1, 0.15) is 11.1 Å². The highest BCUT2D eigenvalue weighted by molar-refractivity contribution is 6.17. The molecule has 16 heavy (non-hydrogen) atoms. The Kier molecular flexibility index (Phi) is 3.24. The van der Waals surface area contributed by atoms with Crippen molar-refractivity contribution < 1.29 is 0 Å². The van der Waals surface area contributed by atoms with E-state index < -0.39 is 0 Å². The Morgan fingerprint density at radius 2 is 1.88 bits per heavy atom. The summed E-state index contributed by atoms with van der Waals surface area (Å²) in [5.74, 6) is 0.479. The molecule has 0 heterocycles. The summed E-state index contributed by atoms with van der Waals surface area (Å²) in [7, 11) is 0. The summed E-state index contributed by atoms with van der Waals surface area (Å²) in [4.78, 5) is 0. The third-order valence-electron chi connectivity index (χ3n) is 2.46. The minimum atomic E-state index is 0.479. The molecule has 0 fully saturated rings. The van der Waals surface area contributed by atoms with Crippen molar-refractivity contribution in [1.82, 2.24) is 0 Å². The second-order valence-corrected chi connectivity index (χ2v) is 3.75. The lowest BCUT2D eigenvalue weighted by atomic mass is 9.99. The normalized spacial score (nSPS) is 9.75. The van der Waals surface area contributed by atoms with Crippen LogP contribution in [0, 0.1) is 11.3 Å². The monoisotopic (exact) mass is 227 g/mol. The van der Waals surface area contributed by atoms with Crippen LogP contribution in [0.3, 0.4) is 0 Å². The van der Waals surface area contributed by atoms with Gasteiger partial charge in [-0.1, -0.05) is 36.4 Å². The molecule has 0 spiro atoms. The third kappa shape index (κ3) is 2.08. The second-order valence-electron chi connectivity index (χ2n) is 3.48. The molecule has 0 aromatic heterocycles. The number of nitriles is 1. The van der Waals surface area contributed by atoms with E-state index in [1.54, 1.807) is 6.07 Å². The van der Waals surface area contributed by atoms with Crippen LogP contribution in [0.2, 0.25) is 0 Å². The van der Waals surface area contributed by atoms with Gasteiger partial charge >= 0.3 is 0 Å². The molecule has 1 nitrogen and oxygen atoms in total. The molecular formula is C14H10ClN. The zero-order valence-electron chi connectivity index (χ0n) is 8.65. The first-order valence-corrected chi connectivity index (χ1v) is 5.53. The van der Waals surface area contributed by atoms with Crippen molar-refractivity contribution in [1.29, 1.82) is 5.26 Å². The highest BCUT2D eigenvalue weighted by Crippen LogP contribution is 2.25. The molecule has 0 aliphatic rings. The molecule has 0 amide bonds. The topological polar surface area (TPSA) is 23.8 Å². The van der Waals surface area contributed by atoms with E-state index in [0.717, 1.165) is 16.7 Å². The van der Waals surface area contributed by atoms with Crippen molar-refractivity contribution in [2.75, 3.05) is 0 Å². The van der Waals surface area contributed by atoms with E-state index in [-0.39, 0.29) is 0 Å². The summed E-state index contributed by atoms with van der Waals surface area (Å²) in [5.41, 5.74) is 3.88. The zero-order chi connectivity index (χ0) is 11.4. The molecule has 0 unspecified atom stereocenters. The predicted molar refractivity (Wildman–Crippen MR) is 66.2 cm³/mol. The average molecular weight is 228 g/mol. The van der Waals surface area contributed by atoms with E-state index in [9.17, 15) is 0 Å². The van der Waals surface area contributed by atoms with E-state index in [1.807, 2.05) is 42.5 Å². The van der Waals surface area contributed by atoms with Crippen molar-refractivity contribution in [2.45, 2.75) is 5.88 Å². The standard InChI is InChI=1S/C14H10ClN/c15-9-13-5-1-2-7-14(13)12-6-3-4-11(8-12)10-16/h1-8H,9H2. The molecular weight excluding hydrogens is 218 g/mol. The minimum Gasteiger partial charge on any atom is -0.192 e. The number of nitrogens with zero attached hydrogens (tertiary/aromatic N) is 1. The molecule has 2 heteroatoms. The Balaban J connectivity index is 2.54. The number of hydrogen-bond donors (Lipinski definition) is 0. The minimum absolute atomic E-state index is 0.479. The highest BCUT2D eigenvalue weighted by atomic mass is 35.5. The maximum absolute atomic E-state index is 8.86. The fraction of sp³-hybridized carbons (Fsp3) is 0.0714. The smallest absolute Gasteiger partial charge is 0.0991 e. The Morgan fingerprint density at radius 3 is 2.62 bits per heavy atom. The molecule has 2 aromatic carbocycles. The molecule has 0 saturated heterocycles. The van der Waals surface area contributed by atoms with Crippen LogP contribution in [0.25, 0.3) is 11.1 Å². The van der Waals surface area contributed by atoms with Gasteiger partial charge in [-0.3, -0.25) is 0 Å². The lowest BCUT2D eigenvalue weighted by Crippen LogP contribution is -1.86. The molecule has 2 rings (SSSR count).